The third kappa shape index (κ3) is 7.87. The lowest BCUT2D eigenvalue weighted by atomic mass is 10.1. The number of rotatable bonds is 14. The zero-order valence-corrected chi connectivity index (χ0v) is 27.6. The van der Waals surface area contributed by atoms with Crippen LogP contribution in [0.15, 0.2) is 36.0 Å². The van der Waals surface area contributed by atoms with Crippen molar-refractivity contribution in [2.24, 2.45) is 5.73 Å². The fraction of sp³-hybridized carbons (Fsp3) is 0.542. The van der Waals surface area contributed by atoms with E-state index in [9.17, 15) is 44.1 Å². The van der Waals surface area contributed by atoms with Crippen LogP contribution in [0.5, 0.6) is 0 Å². The highest BCUT2D eigenvalue weighted by molar-refractivity contribution is 7.99. The number of hydrogen-bond donors (Lipinski definition) is 8. The van der Waals surface area contributed by atoms with Crippen LogP contribution in [0.3, 0.4) is 0 Å². The number of aliphatic hydroxyl groups is 4. The van der Waals surface area contributed by atoms with Gasteiger partial charge >= 0.3 is 15.6 Å². The summed E-state index contributed by atoms with van der Waals surface area (Å²) in [5, 5.41) is 42.7. The van der Waals surface area contributed by atoms with Gasteiger partial charge in [-0.05, 0) is 12.5 Å². The number of nitrogen functional groups attached to an aromatic ring is 1. The molecule has 24 heteroatoms. The smallest absolute Gasteiger partial charge is 0.387 e. The zero-order valence-electron chi connectivity index (χ0n) is 25.0. The Morgan fingerprint density at radius 3 is 2.33 bits per heavy atom. The van der Waals surface area contributed by atoms with Crippen LogP contribution in [0.4, 0.5) is 5.82 Å². The molecule has 2 aliphatic heterocycles. The quantitative estimate of drug-likeness (QED) is 0.0529. The van der Waals surface area contributed by atoms with Crippen molar-refractivity contribution in [3.05, 3.63) is 36.4 Å². The number of primary amides is 1. The number of phosphoric acid groups is 2. The van der Waals surface area contributed by atoms with E-state index in [0.29, 0.717) is 10.9 Å². The lowest BCUT2D eigenvalue weighted by Gasteiger charge is -2.20. The van der Waals surface area contributed by atoms with E-state index in [1.54, 1.807) is 0 Å². The number of pyridine rings is 1. The highest BCUT2D eigenvalue weighted by atomic mass is 32.2. The molecule has 0 aliphatic carbocycles. The molecule has 10 N–H and O–H groups in total. The Morgan fingerprint density at radius 1 is 1.04 bits per heavy atom. The van der Waals surface area contributed by atoms with Crippen LogP contribution in [-0.4, -0.2) is 111 Å². The summed E-state index contributed by atoms with van der Waals surface area (Å²) in [6.07, 6.45) is -7.33. The molecule has 2 fully saturated rings. The monoisotopic (exact) mass is 738 g/mol. The SMILES string of the molecule is CCCSc1nc2c(N)ncnc2n1[C@@H]1O[C@H](COP(=O)(O)OP(=O)(O)OC[C@H]2O[C@@H]([n+]3cccc(C(N)=O)c3)[C@H](O)[C@@H]2O)[C@@H](O)[C@H]1O. The van der Waals surface area contributed by atoms with Crippen molar-refractivity contribution in [3.63, 3.8) is 0 Å². The topological polar surface area (TPSA) is 318 Å². The third-order valence-corrected chi connectivity index (χ3v) is 11.0. The second-order valence-electron chi connectivity index (χ2n) is 10.7. The molecule has 0 saturated carbocycles. The number of phosphoric ester groups is 2. The minimum Gasteiger partial charge on any atom is -0.387 e. The summed E-state index contributed by atoms with van der Waals surface area (Å²) < 4.78 is 52.9. The average molecular weight is 739 g/mol. The van der Waals surface area contributed by atoms with Crippen molar-refractivity contribution >= 4 is 50.3 Å². The van der Waals surface area contributed by atoms with Gasteiger partial charge in [-0.15, -0.1) is 0 Å². The molecule has 21 nitrogen and oxygen atoms in total. The third-order valence-electron chi connectivity index (χ3n) is 7.25. The molecule has 0 radical (unpaired) electrons. The largest absolute Gasteiger partial charge is 0.481 e. The van der Waals surface area contributed by atoms with Crippen molar-refractivity contribution in [2.45, 2.75) is 67.6 Å². The summed E-state index contributed by atoms with van der Waals surface area (Å²) in [7, 11) is -10.8. The Balaban J connectivity index is 1.19. The minimum atomic E-state index is -5.40. The molecular formula is C24H34N7O14P2S+. The van der Waals surface area contributed by atoms with Gasteiger partial charge in [0, 0.05) is 11.8 Å². The van der Waals surface area contributed by atoms with Crippen molar-refractivity contribution in [3.8, 4) is 0 Å². The number of anilines is 1. The lowest BCUT2D eigenvalue weighted by molar-refractivity contribution is -0.765. The van der Waals surface area contributed by atoms with Crippen LogP contribution in [0.2, 0.25) is 0 Å². The van der Waals surface area contributed by atoms with Gasteiger partial charge in [0.25, 0.3) is 12.1 Å². The summed E-state index contributed by atoms with van der Waals surface area (Å²) in [6, 6.07) is 2.84. The molecule has 48 heavy (non-hydrogen) atoms. The van der Waals surface area contributed by atoms with Crippen LogP contribution in [0.25, 0.3) is 11.2 Å². The molecule has 3 aromatic heterocycles. The highest BCUT2D eigenvalue weighted by Gasteiger charge is 2.50. The molecule has 10 atom stereocenters. The first-order valence-electron chi connectivity index (χ1n) is 14.2. The predicted molar refractivity (Wildman–Crippen MR) is 160 cm³/mol. The summed E-state index contributed by atoms with van der Waals surface area (Å²) in [5.74, 6) is -0.0722. The molecule has 3 aromatic rings. The summed E-state index contributed by atoms with van der Waals surface area (Å²) in [4.78, 5) is 44.3. The molecule has 2 unspecified atom stereocenters. The summed E-state index contributed by atoms with van der Waals surface area (Å²) in [5.41, 5.74) is 11.7. The molecule has 5 rings (SSSR count). The second kappa shape index (κ2) is 14.7. The van der Waals surface area contributed by atoms with Crippen molar-refractivity contribution in [1.29, 1.82) is 0 Å². The Kier molecular flexibility index (Phi) is 11.2. The Bertz CT molecular complexity index is 1740. The molecule has 5 heterocycles. The summed E-state index contributed by atoms with van der Waals surface area (Å²) in [6.45, 7) is 0.142. The van der Waals surface area contributed by atoms with Gasteiger partial charge in [0.2, 0.25) is 0 Å². The van der Waals surface area contributed by atoms with Crippen LogP contribution in [0.1, 0.15) is 36.2 Å². The number of fused-ring (bicyclic) bond motifs is 1. The number of carbonyl (C=O) groups is 1. The van der Waals surface area contributed by atoms with Crippen LogP contribution in [0, 0.1) is 0 Å². The normalized spacial score (nSPS) is 30.0. The Hall–Kier alpha value is -2.66. The predicted octanol–water partition coefficient (Wildman–Crippen LogP) is -1.51. The van der Waals surface area contributed by atoms with Crippen LogP contribution < -0.4 is 16.0 Å². The number of thioether (sulfide) groups is 1. The van der Waals surface area contributed by atoms with Crippen LogP contribution in [-0.2, 0) is 32.0 Å². The van der Waals surface area contributed by atoms with Gasteiger partial charge in [-0.1, -0.05) is 18.7 Å². The number of hydrogen-bond acceptors (Lipinski definition) is 17. The average Bonchev–Trinajstić information content (AvgIpc) is 3.64. The zero-order chi connectivity index (χ0) is 35.0. The van der Waals surface area contributed by atoms with Gasteiger partial charge in [-0.3, -0.25) is 18.4 Å². The molecule has 1 amide bonds. The second-order valence-corrected chi connectivity index (χ2v) is 14.8. The van der Waals surface area contributed by atoms with Crippen molar-refractivity contribution in [2.75, 3.05) is 24.7 Å². The summed E-state index contributed by atoms with van der Waals surface area (Å²) >= 11 is 1.30. The van der Waals surface area contributed by atoms with E-state index >= 15 is 0 Å². The number of nitrogens with two attached hydrogens (primary N) is 2. The maximum atomic E-state index is 12.6. The highest BCUT2D eigenvalue weighted by Crippen LogP contribution is 2.60. The molecule has 0 spiro atoms. The van der Waals surface area contributed by atoms with E-state index in [0.717, 1.165) is 6.42 Å². The van der Waals surface area contributed by atoms with Gasteiger partial charge in [-0.2, -0.15) is 8.88 Å². The lowest BCUT2D eigenvalue weighted by Crippen LogP contribution is -2.46. The number of aromatic nitrogens is 5. The van der Waals surface area contributed by atoms with E-state index in [1.165, 1.54) is 51.7 Å². The van der Waals surface area contributed by atoms with E-state index < -0.39 is 83.8 Å². The number of carbonyl (C=O) groups excluding carboxylic acids is 1. The maximum absolute atomic E-state index is 12.6. The van der Waals surface area contributed by atoms with Crippen molar-refractivity contribution in [1.82, 2.24) is 19.5 Å². The van der Waals surface area contributed by atoms with Crippen molar-refractivity contribution < 1.29 is 71.5 Å². The number of amides is 1. The molecule has 0 aromatic carbocycles. The Morgan fingerprint density at radius 2 is 1.69 bits per heavy atom. The first-order chi connectivity index (χ1) is 22.6. The number of imidazole rings is 1. The standard InChI is InChI=1S/C24H33N7O14P2S/c1-2-6-48-24-29-14-19(25)27-10-28-21(14)31(24)23-18(35)16(33)13(44-23)9-42-47(39,40)45-46(37,38)41-8-12-15(32)17(34)22(43-12)30-5-3-4-11(7-30)20(26)36/h3-5,7,10,12-13,15-18,22-23,32-35H,2,6,8-9H2,1H3,(H5-,25,26,27,28,36,37,38,39,40)/p+1/t12-,13-,15-,16-,17-,18-,22-,23-/m1/s1. The van der Waals surface area contributed by atoms with Gasteiger partial charge in [0.05, 0.1) is 13.2 Å². The van der Waals surface area contributed by atoms with Gasteiger partial charge < -0.3 is 51.2 Å². The molecule has 2 saturated heterocycles. The maximum Gasteiger partial charge on any atom is 0.481 e. The molecule has 2 aliphatic rings. The van der Waals surface area contributed by atoms with E-state index in [1.807, 2.05) is 6.92 Å². The Labute approximate surface area is 275 Å². The molecular weight excluding hydrogens is 704 g/mol. The van der Waals surface area contributed by atoms with Crippen LogP contribution >= 0.6 is 27.4 Å². The fourth-order valence-electron chi connectivity index (χ4n) is 4.93. The fourth-order valence-corrected chi connectivity index (χ4v) is 7.90. The minimum absolute atomic E-state index is 0.0675. The van der Waals surface area contributed by atoms with E-state index in [4.69, 9.17) is 30.0 Å². The number of aliphatic hydroxyl groups excluding tert-OH is 4. The van der Waals surface area contributed by atoms with Gasteiger partial charge in [0.1, 0.15) is 42.4 Å². The molecule has 264 valence electrons. The van der Waals surface area contributed by atoms with E-state index in [-0.39, 0.29) is 22.5 Å². The number of ether oxygens (including phenoxy) is 2. The number of nitrogens with zero attached hydrogens (tertiary/aromatic N) is 5. The van der Waals surface area contributed by atoms with Gasteiger partial charge in [-0.25, -0.2) is 24.1 Å². The first kappa shape index (κ1) is 36.6. The molecule has 0 bridgehead atoms. The van der Waals surface area contributed by atoms with Gasteiger partial charge in [0.15, 0.2) is 46.9 Å². The first-order valence-corrected chi connectivity index (χ1v) is 18.2. The van der Waals surface area contributed by atoms with E-state index in [2.05, 4.69) is 19.3 Å².